The lowest BCUT2D eigenvalue weighted by molar-refractivity contribution is -0.159. The summed E-state index contributed by atoms with van der Waals surface area (Å²) in [5, 5.41) is 9.57. The van der Waals surface area contributed by atoms with Crippen LogP contribution in [0.1, 0.15) is 44.2 Å². The number of aliphatic carboxylic acids is 1. The summed E-state index contributed by atoms with van der Waals surface area (Å²) in [5.41, 5.74) is 7.74. The minimum absolute atomic E-state index is 0.0506. The number of benzene rings is 2. The van der Waals surface area contributed by atoms with E-state index in [9.17, 15) is 19.5 Å². The first-order valence-corrected chi connectivity index (χ1v) is 10.9. The van der Waals surface area contributed by atoms with Crippen LogP contribution in [0, 0.1) is 0 Å². The van der Waals surface area contributed by atoms with Crippen molar-refractivity contribution in [3.05, 3.63) is 59.7 Å². The topological polar surface area (TPSA) is 119 Å². The Balaban J connectivity index is 1.54. The first-order valence-electron chi connectivity index (χ1n) is 10.9. The molecule has 0 spiro atoms. The van der Waals surface area contributed by atoms with Gasteiger partial charge < -0.3 is 20.3 Å². The fourth-order valence-corrected chi connectivity index (χ4v) is 4.54. The molecular formula is C25H28N2O6. The molecule has 1 amide bonds. The highest BCUT2D eigenvalue weighted by Gasteiger charge is 2.53. The zero-order chi connectivity index (χ0) is 24.0. The zero-order valence-corrected chi connectivity index (χ0v) is 18.9. The van der Waals surface area contributed by atoms with E-state index in [1.54, 1.807) is 20.8 Å². The number of fused-ring (bicyclic) bond motifs is 3. The monoisotopic (exact) mass is 452 g/mol. The van der Waals surface area contributed by atoms with Crippen LogP contribution in [0.4, 0.5) is 4.79 Å². The number of carbonyl (C=O) groups is 3. The lowest BCUT2D eigenvalue weighted by Gasteiger charge is -2.27. The van der Waals surface area contributed by atoms with E-state index in [0.29, 0.717) is 0 Å². The summed E-state index contributed by atoms with van der Waals surface area (Å²) < 4.78 is 11.0. The van der Waals surface area contributed by atoms with Crippen molar-refractivity contribution >= 4 is 18.0 Å². The summed E-state index contributed by atoms with van der Waals surface area (Å²) in [6, 6.07) is 14.7. The van der Waals surface area contributed by atoms with Crippen molar-refractivity contribution < 1.29 is 29.0 Å². The number of carbonyl (C=O) groups excluding carboxylic acids is 2. The number of nitrogens with two attached hydrogens (primary N) is 1. The highest BCUT2D eigenvalue weighted by atomic mass is 16.6. The van der Waals surface area contributed by atoms with E-state index in [2.05, 4.69) is 0 Å². The number of amides is 1. The second-order valence-corrected chi connectivity index (χ2v) is 9.65. The standard InChI is InChI=1S/C25H28N2O6/c1-24(2,3)33-21(28)20-12-25(26,22(29)30)14-27(20)23(31)32-13-19-17-10-6-4-8-15(17)16-9-5-7-11-18(16)19/h4-11,19-20H,12-14,26H2,1-3H3,(H,29,30)/t20-,25-/m0/s1. The molecule has 0 saturated carbocycles. The summed E-state index contributed by atoms with van der Waals surface area (Å²) in [6.45, 7) is 4.80. The molecule has 8 heteroatoms. The van der Waals surface area contributed by atoms with Gasteiger partial charge in [0.05, 0.1) is 6.54 Å². The molecule has 2 aromatic carbocycles. The minimum Gasteiger partial charge on any atom is -0.480 e. The molecule has 1 saturated heterocycles. The van der Waals surface area contributed by atoms with Gasteiger partial charge in [-0.05, 0) is 43.0 Å². The van der Waals surface area contributed by atoms with Crippen LogP contribution in [-0.4, -0.2) is 58.4 Å². The molecule has 0 radical (unpaired) electrons. The molecule has 0 aromatic heterocycles. The molecule has 174 valence electrons. The van der Waals surface area contributed by atoms with Gasteiger partial charge in [-0.3, -0.25) is 9.69 Å². The second kappa shape index (κ2) is 8.19. The van der Waals surface area contributed by atoms with Crippen molar-refractivity contribution in [2.45, 2.75) is 50.3 Å². The van der Waals surface area contributed by atoms with Crippen molar-refractivity contribution in [1.82, 2.24) is 4.90 Å². The first-order chi connectivity index (χ1) is 15.5. The van der Waals surface area contributed by atoms with Crippen LogP contribution in [-0.2, 0) is 19.1 Å². The van der Waals surface area contributed by atoms with E-state index in [1.807, 2.05) is 48.5 Å². The molecule has 1 aliphatic heterocycles. The van der Waals surface area contributed by atoms with Crippen molar-refractivity contribution in [2.75, 3.05) is 13.2 Å². The number of carboxylic acid groups (broad SMARTS) is 1. The molecule has 1 heterocycles. The number of hydrogen-bond acceptors (Lipinski definition) is 6. The molecule has 2 aromatic rings. The molecule has 0 bridgehead atoms. The van der Waals surface area contributed by atoms with Crippen LogP contribution in [0.2, 0.25) is 0 Å². The number of rotatable bonds is 4. The number of ether oxygens (including phenoxy) is 2. The van der Waals surface area contributed by atoms with Crippen LogP contribution >= 0.6 is 0 Å². The molecule has 1 fully saturated rings. The Labute approximate surface area is 192 Å². The van der Waals surface area contributed by atoms with Crippen molar-refractivity contribution in [3.8, 4) is 11.1 Å². The maximum absolute atomic E-state index is 13.1. The molecule has 4 rings (SSSR count). The van der Waals surface area contributed by atoms with Gasteiger partial charge in [0.25, 0.3) is 0 Å². The number of carboxylic acids is 1. The van der Waals surface area contributed by atoms with E-state index in [1.165, 1.54) is 0 Å². The van der Waals surface area contributed by atoms with Gasteiger partial charge in [-0.25, -0.2) is 9.59 Å². The SMILES string of the molecule is CC(C)(C)OC(=O)[C@@H]1C[C@@](N)(C(=O)O)CN1C(=O)OCC1c2ccccc2-c2ccccc21. The summed E-state index contributed by atoms with van der Waals surface area (Å²) in [5.74, 6) is -2.15. The van der Waals surface area contributed by atoms with Gasteiger partial charge in [-0.15, -0.1) is 0 Å². The Kier molecular flexibility index (Phi) is 5.66. The fraction of sp³-hybridized carbons (Fsp3) is 0.400. The maximum Gasteiger partial charge on any atom is 0.410 e. The van der Waals surface area contributed by atoms with Gasteiger partial charge in [-0.2, -0.15) is 0 Å². The van der Waals surface area contributed by atoms with E-state index in [-0.39, 0.29) is 25.5 Å². The first kappa shape index (κ1) is 22.8. The maximum atomic E-state index is 13.1. The number of likely N-dealkylation sites (tertiary alicyclic amines) is 1. The van der Waals surface area contributed by atoms with Crippen LogP contribution in [0.25, 0.3) is 11.1 Å². The lowest BCUT2D eigenvalue weighted by atomic mass is 9.97. The van der Waals surface area contributed by atoms with Crippen molar-refractivity contribution in [2.24, 2.45) is 5.73 Å². The van der Waals surface area contributed by atoms with Gasteiger partial charge in [0.2, 0.25) is 0 Å². The molecule has 2 atom stereocenters. The largest absolute Gasteiger partial charge is 0.480 e. The summed E-state index contributed by atoms with van der Waals surface area (Å²) in [4.78, 5) is 38.6. The summed E-state index contributed by atoms with van der Waals surface area (Å²) >= 11 is 0. The minimum atomic E-state index is -1.76. The van der Waals surface area contributed by atoms with Gasteiger partial charge in [0.15, 0.2) is 0 Å². The van der Waals surface area contributed by atoms with Crippen LogP contribution in [0.15, 0.2) is 48.5 Å². The molecule has 1 aliphatic carbocycles. The van der Waals surface area contributed by atoms with E-state index >= 15 is 0 Å². The third-order valence-corrected chi connectivity index (χ3v) is 6.06. The lowest BCUT2D eigenvalue weighted by Crippen LogP contribution is -2.50. The van der Waals surface area contributed by atoms with Crippen LogP contribution in [0.3, 0.4) is 0 Å². The third-order valence-electron chi connectivity index (χ3n) is 6.06. The van der Waals surface area contributed by atoms with E-state index in [4.69, 9.17) is 15.2 Å². The average molecular weight is 453 g/mol. The Morgan fingerprint density at radius 3 is 2.12 bits per heavy atom. The highest BCUT2D eigenvalue weighted by molar-refractivity contribution is 5.88. The Bertz CT molecular complexity index is 1060. The zero-order valence-electron chi connectivity index (χ0n) is 18.9. The third kappa shape index (κ3) is 4.30. The molecular weight excluding hydrogens is 424 g/mol. The Morgan fingerprint density at radius 2 is 1.61 bits per heavy atom. The highest BCUT2D eigenvalue weighted by Crippen LogP contribution is 2.44. The normalized spacial score (nSPS) is 21.9. The Hall–Kier alpha value is -3.39. The van der Waals surface area contributed by atoms with E-state index in [0.717, 1.165) is 27.2 Å². The summed E-state index contributed by atoms with van der Waals surface area (Å²) in [7, 11) is 0. The quantitative estimate of drug-likeness (QED) is 0.684. The van der Waals surface area contributed by atoms with Gasteiger partial charge in [-0.1, -0.05) is 48.5 Å². The van der Waals surface area contributed by atoms with Crippen LogP contribution in [0.5, 0.6) is 0 Å². The number of esters is 1. The smallest absolute Gasteiger partial charge is 0.410 e. The van der Waals surface area contributed by atoms with Crippen molar-refractivity contribution in [1.29, 1.82) is 0 Å². The van der Waals surface area contributed by atoms with Gasteiger partial charge >= 0.3 is 18.0 Å². The van der Waals surface area contributed by atoms with Crippen LogP contribution < -0.4 is 5.73 Å². The van der Waals surface area contributed by atoms with Crippen molar-refractivity contribution in [3.63, 3.8) is 0 Å². The summed E-state index contributed by atoms with van der Waals surface area (Å²) in [6.07, 6.45) is -1.04. The average Bonchev–Trinajstić information content (AvgIpc) is 3.28. The van der Waals surface area contributed by atoms with Gasteiger partial charge in [0, 0.05) is 12.3 Å². The predicted octanol–water partition coefficient (Wildman–Crippen LogP) is 3.13. The number of hydrogen-bond donors (Lipinski definition) is 2. The predicted molar refractivity (Wildman–Crippen MR) is 121 cm³/mol. The molecule has 8 nitrogen and oxygen atoms in total. The molecule has 2 aliphatic rings. The second-order valence-electron chi connectivity index (χ2n) is 9.65. The molecule has 0 unspecified atom stereocenters. The fourth-order valence-electron chi connectivity index (χ4n) is 4.54. The molecule has 33 heavy (non-hydrogen) atoms. The Morgan fingerprint density at radius 1 is 1.06 bits per heavy atom. The van der Waals surface area contributed by atoms with E-state index < -0.39 is 35.2 Å². The molecule has 3 N–H and O–H groups in total. The number of nitrogens with zero attached hydrogens (tertiary/aromatic N) is 1. The van der Waals surface area contributed by atoms with Gasteiger partial charge in [0.1, 0.15) is 23.8 Å².